The smallest absolute Gasteiger partial charge is 0.191 e. The van der Waals surface area contributed by atoms with E-state index in [0.29, 0.717) is 16.1 Å². The molecule has 2 heterocycles. The van der Waals surface area contributed by atoms with Crippen molar-refractivity contribution in [3.8, 4) is 11.3 Å². The van der Waals surface area contributed by atoms with Gasteiger partial charge in [0.2, 0.25) is 0 Å². The molecular formula is C15H9BrFNOS. The highest BCUT2D eigenvalue weighted by molar-refractivity contribution is 9.09. The van der Waals surface area contributed by atoms with Gasteiger partial charge in [0.05, 0.1) is 15.7 Å². The lowest BCUT2D eigenvalue weighted by Gasteiger charge is -2.02. The van der Waals surface area contributed by atoms with Crippen molar-refractivity contribution in [1.29, 1.82) is 0 Å². The lowest BCUT2D eigenvalue weighted by atomic mass is 10.1. The van der Waals surface area contributed by atoms with E-state index in [0.717, 1.165) is 10.9 Å². The summed E-state index contributed by atoms with van der Waals surface area (Å²) in [6, 6.07) is 10.3. The Hall–Kier alpha value is -1.59. The summed E-state index contributed by atoms with van der Waals surface area (Å²) in [5, 5.41) is 2.94. The van der Waals surface area contributed by atoms with Crippen molar-refractivity contribution in [2.45, 2.75) is 0 Å². The number of fused-ring (bicyclic) bond motifs is 1. The molecule has 5 heteroatoms. The Balaban J connectivity index is 2.16. The third-order valence-electron chi connectivity index (χ3n) is 2.98. The summed E-state index contributed by atoms with van der Waals surface area (Å²) < 4.78 is 14.3. The fraction of sp³-hybridized carbons (Fsp3) is 0.0667. The zero-order valence-electron chi connectivity index (χ0n) is 10.3. The third-order valence-corrected chi connectivity index (χ3v) is 4.50. The molecule has 2 aromatic heterocycles. The van der Waals surface area contributed by atoms with E-state index in [2.05, 4.69) is 20.9 Å². The van der Waals surface area contributed by atoms with Crippen molar-refractivity contribution < 1.29 is 9.18 Å². The molecule has 0 amide bonds. The molecule has 0 spiro atoms. The quantitative estimate of drug-likeness (QED) is 0.507. The maximum atomic E-state index is 13.7. The summed E-state index contributed by atoms with van der Waals surface area (Å²) in [6.45, 7) is 0. The van der Waals surface area contributed by atoms with Crippen LogP contribution in [-0.2, 0) is 0 Å². The van der Waals surface area contributed by atoms with Gasteiger partial charge in [-0.3, -0.25) is 4.79 Å². The maximum Gasteiger partial charge on any atom is 0.191 e. The molecule has 0 fully saturated rings. The molecule has 0 aliphatic rings. The number of thiophene rings is 1. The van der Waals surface area contributed by atoms with E-state index < -0.39 is 0 Å². The van der Waals surface area contributed by atoms with E-state index in [-0.39, 0.29) is 16.9 Å². The van der Waals surface area contributed by atoms with Crippen LogP contribution in [0.4, 0.5) is 4.39 Å². The molecule has 0 bridgehead atoms. The molecular weight excluding hydrogens is 341 g/mol. The molecule has 3 aromatic rings. The first-order valence-electron chi connectivity index (χ1n) is 5.93. The van der Waals surface area contributed by atoms with Crippen molar-refractivity contribution in [3.05, 3.63) is 53.3 Å². The average molecular weight is 350 g/mol. The Kier molecular flexibility index (Phi) is 3.63. The number of alkyl halides is 1. The number of carbonyl (C=O) groups excluding carboxylic acids is 1. The first kappa shape index (κ1) is 13.4. The molecule has 0 radical (unpaired) electrons. The number of benzene rings is 1. The van der Waals surface area contributed by atoms with Crippen LogP contribution in [-0.4, -0.2) is 16.1 Å². The number of rotatable bonds is 3. The van der Waals surface area contributed by atoms with Gasteiger partial charge in [0.25, 0.3) is 0 Å². The number of halogens is 2. The first-order chi connectivity index (χ1) is 9.70. The van der Waals surface area contributed by atoms with Crippen LogP contribution in [0.1, 0.15) is 10.5 Å². The van der Waals surface area contributed by atoms with Crippen LogP contribution in [0.25, 0.3) is 21.3 Å². The number of hydrogen-bond acceptors (Lipinski definition) is 3. The van der Waals surface area contributed by atoms with Gasteiger partial charge < -0.3 is 0 Å². The SMILES string of the molecule is O=C(CBr)c1cccc(-c2csc3c(F)cccc23)n1. The second-order valence-corrected chi connectivity index (χ2v) is 5.67. The predicted octanol–water partition coefficient (Wildman–Crippen LogP) is 4.68. The highest BCUT2D eigenvalue weighted by Gasteiger charge is 2.12. The van der Waals surface area contributed by atoms with E-state index in [1.807, 2.05) is 17.5 Å². The van der Waals surface area contributed by atoms with Gasteiger partial charge in [0.1, 0.15) is 11.5 Å². The number of carbonyl (C=O) groups is 1. The number of hydrogen-bond donors (Lipinski definition) is 0. The molecule has 0 N–H and O–H groups in total. The largest absolute Gasteiger partial charge is 0.291 e. The fourth-order valence-electron chi connectivity index (χ4n) is 2.03. The number of Topliss-reactive ketones (excluding diaryl/α,β-unsaturated/α-hetero) is 1. The Labute approximate surface area is 127 Å². The Morgan fingerprint density at radius 1 is 1.25 bits per heavy atom. The molecule has 100 valence electrons. The molecule has 3 rings (SSSR count). The maximum absolute atomic E-state index is 13.7. The second-order valence-electron chi connectivity index (χ2n) is 4.23. The average Bonchev–Trinajstić information content (AvgIpc) is 2.92. The number of aromatic nitrogens is 1. The van der Waals surface area contributed by atoms with Gasteiger partial charge >= 0.3 is 0 Å². The van der Waals surface area contributed by atoms with Crippen LogP contribution in [0.15, 0.2) is 41.8 Å². The molecule has 0 unspecified atom stereocenters. The Bertz CT molecular complexity index is 799. The number of nitrogens with zero attached hydrogens (tertiary/aromatic N) is 1. The molecule has 1 aromatic carbocycles. The molecule has 2 nitrogen and oxygen atoms in total. The third kappa shape index (κ3) is 2.27. The van der Waals surface area contributed by atoms with Crippen molar-refractivity contribution in [3.63, 3.8) is 0 Å². The first-order valence-corrected chi connectivity index (χ1v) is 7.93. The zero-order chi connectivity index (χ0) is 14.1. The minimum absolute atomic E-state index is 0.0717. The molecule has 0 aliphatic carbocycles. The summed E-state index contributed by atoms with van der Waals surface area (Å²) in [5.74, 6) is -0.302. The molecule has 0 aliphatic heterocycles. The van der Waals surface area contributed by atoms with E-state index in [1.165, 1.54) is 17.4 Å². The van der Waals surface area contributed by atoms with Crippen LogP contribution < -0.4 is 0 Å². The van der Waals surface area contributed by atoms with Crippen molar-refractivity contribution >= 4 is 43.1 Å². The van der Waals surface area contributed by atoms with Gasteiger partial charge in [-0.05, 0) is 18.2 Å². The lowest BCUT2D eigenvalue weighted by molar-refractivity contribution is 0.101. The highest BCUT2D eigenvalue weighted by atomic mass is 79.9. The van der Waals surface area contributed by atoms with Gasteiger partial charge in [0.15, 0.2) is 5.78 Å². The second kappa shape index (κ2) is 5.42. The number of pyridine rings is 1. The topological polar surface area (TPSA) is 30.0 Å². The van der Waals surface area contributed by atoms with Crippen molar-refractivity contribution in [2.75, 3.05) is 5.33 Å². The monoisotopic (exact) mass is 349 g/mol. The molecule has 0 saturated heterocycles. The van der Waals surface area contributed by atoms with Crippen LogP contribution in [0.2, 0.25) is 0 Å². The van der Waals surface area contributed by atoms with Crippen LogP contribution in [0, 0.1) is 5.82 Å². The Morgan fingerprint density at radius 3 is 2.85 bits per heavy atom. The van der Waals surface area contributed by atoms with E-state index in [9.17, 15) is 9.18 Å². The summed E-state index contributed by atoms with van der Waals surface area (Å²) in [6.07, 6.45) is 0. The minimum atomic E-state index is -0.230. The van der Waals surface area contributed by atoms with Crippen LogP contribution >= 0.6 is 27.3 Å². The Morgan fingerprint density at radius 2 is 2.05 bits per heavy atom. The molecule has 0 atom stereocenters. The standard InChI is InChI=1S/C15H9BrFNOS/c16-7-14(19)13-6-2-5-12(18-13)10-8-20-15-9(10)3-1-4-11(15)17/h1-6,8H,7H2. The van der Waals surface area contributed by atoms with Crippen molar-refractivity contribution in [2.24, 2.45) is 0 Å². The van der Waals surface area contributed by atoms with Gasteiger partial charge in [-0.15, -0.1) is 11.3 Å². The minimum Gasteiger partial charge on any atom is -0.291 e. The van der Waals surface area contributed by atoms with Crippen LogP contribution in [0.3, 0.4) is 0 Å². The summed E-state index contributed by atoms with van der Waals surface area (Å²) in [7, 11) is 0. The van der Waals surface area contributed by atoms with Crippen molar-refractivity contribution in [1.82, 2.24) is 4.98 Å². The lowest BCUT2D eigenvalue weighted by Crippen LogP contribution is -2.03. The van der Waals surface area contributed by atoms with E-state index >= 15 is 0 Å². The summed E-state index contributed by atoms with van der Waals surface area (Å²) in [5.41, 5.74) is 1.96. The summed E-state index contributed by atoms with van der Waals surface area (Å²) >= 11 is 4.48. The number of ketones is 1. The fourth-order valence-corrected chi connectivity index (χ4v) is 3.29. The highest BCUT2D eigenvalue weighted by Crippen LogP contribution is 2.34. The van der Waals surface area contributed by atoms with Gasteiger partial charge in [-0.25, -0.2) is 9.37 Å². The summed E-state index contributed by atoms with van der Waals surface area (Å²) in [4.78, 5) is 16.1. The van der Waals surface area contributed by atoms with E-state index in [4.69, 9.17) is 0 Å². The van der Waals surface area contributed by atoms with Gasteiger partial charge in [-0.2, -0.15) is 0 Å². The normalized spacial score (nSPS) is 10.9. The van der Waals surface area contributed by atoms with Crippen LogP contribution in [0.5, 0.6) is 0 Å². The van der Waals surface area contributed by atoms with Gasteiger partial charge in [-0.1, -0.05) is 34.1 Å². The molecule has 20 heavy (non-hydrogen) atoms. The molecule has 0 saturated carbocycles. The van der Waals surface area contributed by atoms with E-state index in [1.54, 1.807) is 18.2 Å². The van der Waals surface area contributed by atoms with Gasteiger partial charge in [0, 0.05) is 16.3 Å². The zero-order valence-corrected chi connectivity index (χ0v) is 12.7. The predicted molar refractivity (Wildman–Crippen MR) is 83.1 cm³/mol.